The topological polar surface area (TPSA) is 76.5 Å². The van der Waals surface area contributed by atoms with E-state index in [2.05, 4.69) is 10.4 Å². The molecule has 0 saturated heterocycles. The summed E-state index contributed by atoms with van der Waals surface area (Å²) in [7, 11) is 1.65. The van der Waals surface area contributed by atoms with Gasteiger partial charge >= 0.3 is 0 Å². The Morgan fingerprint density at radius 2 is 2.03 bits per heavy atom. The lowest BCUT2D eigenvalue weighted by Gasteiger charge is -2.31. The fourth-order valence-corrected chi connectivity index (χ4v) is 4.59. The summed E-state index contributed by atoms with van der Waals surface area (Å²) in [6.07, 6.45) is 8.46. The first-order chi connectivity index (χ1) is 14.7. The molecule has 2 aromatic rings. The highest BCUT2D eigenvalue weighted by Gasteiger charge is 2.37. The van der Waals surface area contributed by atoms with Crippen molar-refractivity contribution < 1.29 is 14.3 Å². The van der Waals surface area contributed by atoms with Crippen LogP contribution < -0.4 is 5.32 Å². The van der Waals surface area contributed by atoms with Crippen molar-refractivity contribution >= 4 is 17.6 Å². The maximum atomic E-state index is 13.3. The third-order valence-electron chi connectivity index (χ3n) is 6.23. The number of carbonyl (C=O) groups is 2. The first-order valence-corrected chi connectivity index (χ1v) is 10.9. The number of nitrogens with one attached hydrogen (secondary N) is 1. The van der Waals surface area contributed by atoms with Gasteiger partial charge in [-0.3, -0.25) is 14.3 Å². The summed E-state index contributed by atoms with van der Waals surface area (Å²) in [5.41, 5.74) is 1.70. The molecule has 160 valence electrons. The normalized spacial score (nSPS) is 17.8. The predicted molar refractivity (Wildman–Crippen MR) is 114 cm³/mol. The van der Waals surface area contributed by atoms with E-state index in [9.17, 15) is 9.59 Å². The summed E-state index contributed by atoms with van der Waals surface area (Å²) in [5, 5.41) is 7.35. The summed E-state index contributed by atoms with van der Waals surface area (Å²) in [5.74, 6) is 0.782. The Morgan fingerprint density at radius 3 is 2.80 bits per heavy atom. The molecule has 0 spiro atoms. The SMILES string of the molecule is COCCn1ccc(NC(=O)[C@H](CC2CCCCC2)N2Cc3ccccc3C2=O)n1. The van der Waals surface area contributed by atoms with Crippen molar-refractivity contribution in [2.45, 2.75) is 57.7 Å². The van der Waals surface area contributed by atoms with Gasteiger partial charge in [0, 0.05) is 31.5 Å². The van der Waals surface area contributed by atoms with Gasteiger partial charge in [-0.25, -0.2) is 0 Å². The second kappa shape index (κ2) is 9.43. The smallest absolute Gasteiger partial charge is 0.255 e. The maximum absolute atomic E-state index is 13.3. The molecule has 1 saturated carbocycles. The van der Waals surface area contributed by atoms with E-state index in [4.69, 9.17) is 4.74 Å². The van der Waals surface area contributed by atoms with Crippen molar-refractivity contribution in [1.29, 1.82) is 0 Å². The van der Waals surface area contributed by atoms with Crippen LogP contribution in [-0.4, -0.2) is 46.3 Å². The average Bonchev–Trinajstić information content (AvgIpc) is 3.35. The molecular formula is C23H30N4O3. The van der Waals surface area contributed by atoms with Crippen molar-refractivity contribution in [1.82, 2.24) is 14.7 Å². The minimum Gasteiger partial charge on any atom is -0.383 e. The molecule has 7 nitrogen and oxygen atoms in total. The quantitative estimate of drug-likeness (QED) is 0.723. The molecule has 30 heavy (non-hydrogen) atoms. The van der Waals surface area contributed by atoms with Gasteiger partial charge in [-0.05, 0) is 24.0 Å². The first-order valence-electron chi connectivity index (χ1n) is 10.9. The van der Waals surface area contributed by atoms with Gasteiger partial charge in [-0.2, -0.15) is 5.10 Å². The molecule has 2 heterocycles. The average molecular weight is 411 g/mol. The number of anilines is 1. The molecule has 1 N–H and O–H groups in total. The van der Waals surface area contributed by atoms with Crippen LogP contribution >= 0.6 is 0 Å². The third-order valence-corrected chi connectivity index (χ3v) is 6.23. The van der Waals surface area contributed by atoms with E-state index in [1.165, 1.54) is 19.3 Å². The van der Waals surface area contributed by atoms with Crippen LogP contribution in [0.15, 0.2) is 36.5 Å². The number of rotatable bonds is 8. The molecule has 1 aliphatic carbocycles. The maximum Gasteiger partial charge on any atom is 0.255 e. The van der Waals surface area contributed by atoms with E-state index in [1.54, 1.807) is 22.8 Å². The predicted octanol–water partition coefficient (Wildman–Crippen LogP) is 3.46. The van der Waals surface area contributed by atoms with Gasteiger partial charge in [0.2, 0.25) is 5.91 Å². The van der Waals surface area contributed by atoms with Crippen LogP contribution in [0.5, 0.6) is 0 Å². The standard InChI is InChI=1S/C23H30N4O3/c1-30-14-13-26-12-11-21(25-26)24-22(28)20(15-17-7-3-2-4-8-17)27-16-18-9-5-6-10-19(18)23(27)29/h5-6,9-12,17,20H,2-4,7-8,13-16H2,1H3,(H,24,25,28)/t20-/m0/s1. The number of carbonyl (C=O) groups excluding carboxylic acids is 2. The number of methoxy groups -OCH3 is 1. The number of hydrogen-bond acceptors (Lipinski definition) is 4. The van der Waals surface area contributed by atoms with Crippen molar-refractivity contribution in [2.24, 2.45) is 5.92 Å². The monoisotopic (exact) mass is 410 g/mol. The lowest BCUT2D eigenvalue weighted by Crippen LogP contribution is -2.45. The zero-order valence-electron chi connectivity index (χ0n) is 17.5. The highest BCUT2D eigenvalue weighted by molar-refractivity contribution is 6.03. The van der Waals surface area contributed by atoms with E-state index >= 15 is 0 Å². The van der Waals surface area contributed by atoms with Gasteiger partial charge in [-0.1, -0.05) is 50.3 Å². The fraction of sp³-hybridized carbons (Fsp3) is 0.522. The molecule has 1 fully saturated rings. The second-order valence-corrected chi connectivity index (χ2v) is 8.29. The van der Waals surface area contributed by atoms with Crippen molar-refractivity contribution in [3.05, 3.63) is 47.7 Å². The molecule has 1 aliphatic heterocycles. The Kier molecular flexibility index (Phi) is 6.47. The molecule has 7 heteroatoms. The Morgan fingerprint density at radius 1 is 1.23 bits per heavy atom. The van der Waals surface area contributed by atoms with Gasteiger partial charge in [0.1, 0.15) is 6.04 Å². The van der Waals surface area contributed by atoms with Gasteiger partial charge in [-0.15, -0.1) is 0 Å². The van der Waals surface area contributed by atoms with E-state index in [1.807, 2.05) is 30.5 Å². The van der Waals surface area contributed by atoms with Crippen LogP contribution in [0.4, 0.5) is 5.82 Å². The summed E-state index contributed by atoms with van der Waals surface area (Å²) < 4.78 is 6.82. The summed E-state index contributed by atoms with van der Waals surface area (Å²) >= 11 is 0. The third kappa shape index (κ3) is 4.56. The number of hydrogen-bond donors (Lipinski definition) is 1. The van der Waals surface area contributed by atoms with E-state index in [0.29, 0.717) is 43.4 Å². The van der Waals surface area contributed by atoms with Crippen LogP contribution in [0.2, 0.25) is 0 Å². The molecule has 1 atom stereocenters. The largest absolute Gasteiger partial charge is 0.383 e. The fourth-order valence-electron chi connectivity index (χ4n) is 4.59. The van der Waals surface area contributed by atoms with Crippen LogP contribution in [0, 0.1) is 5.92 Å². The number of amides is 2. The zero-order valence-corrected chi connectivity index (χ0v) is 17.5. The van der Waals surface area contributed by atoms with Gasteiger partial charge < -0.3 is 15.0 Å². The van der Waals surface area contributed by atoms with E-state index in [0.717, 1.165) is 18.4 Å². The Balaban J connectivity index is 1.50. The van der Waals surface area contributed by atoms with Crippen molar-refractivity contribution in [2.75, 3.05) is 19.0 Å². The Bertz CT molecular complexity index is 888. The molecule has 0 radical (unpaired) electrons. The van der Waals surface area contributed by atoms with Crippen LogP contribution in [0.25, 0.3) is 0 Å². The Labute approximate surface area is 177 Å². The molecule has 1 aromatic carbocycles. The lowest BCUT2D eigenvalue weighted by molar-refractivity contribution is -0.121. The molecule has 0 unspecified atom stereocenters. The summed E-state index contributed by atoms with van der Waals surface area (Å²) in [6.45, 7) is 1.67. The highest BCUT2D eigenvalue weighted by atomic mass is 16.5. The lowest BCUT2D eigenvalue weighted by atomic mass is 9.84. The van der Waals surface area contributed by atoms with Gasteiger partial charge in [0.15, 0.2) is 5.82 Å². The second-order valence-electron chi connectivity index (χ2n) is 8.29. The first kappa shape index (κ1) is 20.6. The molecular weight excluding hydrogens is 380 g/mol. The molecule has 4 rings (SSSR count). The molecule has 2 amide bonds. The number of ether oxygens (including phenoxy) is 1. The summed E-state index contributed by atoms with van der Waals surface area (Å²) in [4.78, 5) is 28.1. The minimum absolute atomic E-state index is 0.0489. The molecule has 0 bridgehead atoms. The van der Waals surface area contributed by atoms with Crippen LogP contribution in [0.1, 0.15) is 54.4 Å². The summed E-state index contributed by atoms with van der Waals surface area (Å²) in [6, 6.07) is 8.94. The zero-order chi connectivity index (χ0) is 20.9. The van der Waals surface area contributed by atoms with Crippen LogP contribution in [0.3, 0.4) is 0 Å². The number of aromatic nitrogens is 2. The van der Waals surface area contributed by atoms with Crippen molar-refractivity contribution in [3.63, 3.8) is 0 Å². The molecule has 2 aliphatic rings. The number of fused-ring (bicyclic) bond motifs is 1. The number of nitrogens with zero attached hydrogens (tertiary/aromatic N) is 3. The van der Waals surface area contributed by atoms with Crippen LogP contribution in [-0.2, 0) is 22.6 Å². The van der Waals surface area contributed by atoms with Gasteiger partial charge in [0.05, 0.1) is 13.2 Å². The highest BCUT2D eigenvalue weighted by Crippen LogP contribution is 2.32. The Hall–Kier alpha value is -2.67. The van der Waals surface area contributed by atoms with E-state index in [-0.39, 0.29) is 11.8 Å². The van der Waals surface area contributed by atoms with Gasteiger partial charge in [0.25, 0.3) is 5.91 Å². The number of benzene rings is 1. The van der Waals surface area contributed by atoms with Crippen molar-refractivity contribution in [3.8, 4) is 0 Å². The molecule has 1 aromatic heterocycles. The minimum atomic E-state index is -0.489. The van der Waals surface area contributed by atoms with E-state index < -0.39 is 6.04 Å².